The van der Waals surface area contributed by atoms with E-state index in [2.05, 4.69) is 0 Å². The minimum absolute atomic E-state index is 0.164. The lowest BCUT2D eigenvalue weighted by Crippen LogP contribution is -2.11. The van der Waals surface area contributed by atoms with Crippen LogP contribution in [0.25, 0.3) is 0 Å². The quantitative estimate of drug-likeness (QED) is 0.860. The molecule has 0 amide bonds. The third-order valence-electron chi connectivity index (χ3n) is 3.26. The average Bonchev–Trinajstić information content (AvgIpc) is 2.79. The summed E-state index contributed by atoms with van der Waals surface area (Å²) >= 11 is 0. The molecule has 2 nitrogen and oxygen atoms in total. The standard InChI is InChI=1S/C13H14F4O2/c14-11-6-9(1-2-10(11)13(15,16)17)12(18)5-8-3-4-19-7-8/h1-2,6,8,12,18H,3-5,7H2. The second-order valence-electron chi connectivity index (χ2n) is 4.72. The van der Waals surface area contributed by atoms with Crippen molar-refractivity contribution in [1.82, 2.24) is 0 Å². The summed E-state index contributed by atoms with van der Waals surface area (Å²) in [6.07, 6.45) is -4.51. The fourth-order valence-electron chi connectivity index (χ4n) is 2.19. The number of benzene rings is 1. The molecule has 1 saturated heterocycles. The summed E-state index contributed by atoms with van der Waals surface area (Å²) in [6, 6.07) is 2.54. The zero-order valence-corrected chi connectivity index (χ0v) is 10.1. The van der Waals surface area contributed by atoms with Gasteiger partial charge in [0, 0.05) is 13.2 Å². The second-order valence-corrected chi connectivity index (χ2v) is 4.72. The molecule has 2 atom stereocenters. The van der Waals surface area contributed by atoms with Gasteiger partial charge in [-0.05, 0) is 36.5 Å². The van der Waals surface area contributed by atoms with Crippen molar-refractivity contribution in [2.45, 2.75) is 25.1 Å². The number of hydrogen-bond donors (Lipinski definition) is 1. The monoisotopic (exact) mass is 278 g/mol. The van der Waals surface area contributed by atoms with E-state index in [1.807, 2.05) is 0 Å². The molecule has 106 valence electrons. The normalized spacial score (nSPS) is 21.6. The Hall–Kier alpha value is -1.14. The SMILES string of the molecule is OC(CC1CCOC1)c1ccc(C(F)(F)F)c(F)c1. The minimum Gasteiger partial charge on any atom is -0.388 e. The van der Waals surface area contributed by atoms with Gasteiger partial charge in [0.15, 0.2) is 0 Å². The topological polar surface area (TPSA) is 29.5 Å². The lowest BCUT2D eigenvalue weighted by molar-refractivity contribution is -0.140. The maximum Gasteiger partial charge on any atom is 0.419 e. The predicted octanol–water partition coefficient (Wildman–Crippen LogP) is 3.30. The zero-order valence-electron chi connectivity index (χ0n) is 10.1. The molecule has 1 aliphatic rings. The molecule has 0 radical (unpaired) electrons. The first-order valence-corrected chi connectivity index (χ1v) is 6.00. The van der Waals surface area contributed by atoms with Crippen LogP contribution in [0.3, 0.4) is 0 Å². The number of hydrogen-bond acceptors (Lipinski definition) is 2. The number of alkyl halides is 3. The zero-order chi connectivity index (χ0) is 14.0. The molecule has 0 bridgehead atoms. The fraction of sp³-hybridized carbons (Fsp3) is 0.538. The molecule has 0 saturated carbocycles. The van der Waals surface area contributed by atoms with E-state index in [1.165, 1.54) is 0 Å². The summed E-state index contributed by atoms with van der Waals surface area (Å²) in [5.74, 6) is -1.19. The van der Waals surface area contributed by atoms with E-state index in [4.69, 9.17) is 4.74 Å². The fourth-order valence-corrected chi connectivity index (χ4v) is 2.19. The number of aliphatic hydroxyl groups excluding tert-OH is 1. The first-order chi connectivity index (χ1) is 8.88. The molecule has 1 aromatic carbocycles. The van der Waals surface area contributed by atoms with Crippen molar-refractivity contribution >= 4 is 0 Å². The Morgan fingerprint density at radius 2 is 2.11 bits per heavy atom. The Balaban J connectivity index is 2.10. The molecule has 0 aromatic heterocycles. The largest absolute Gasteiger partial charge is 0.419 e. The maximum absolute atomic E-state index is 13.4. The van der Waals surface area contributed by atoms with E-state index in [0.717, 1.165) is 18.6 Å². The smallest absolute Gasteiger partial charge is 0.388 e. The third-order valence-corrected chi connectivity index (χ3v) is 3.26. The molecule has 1 aromatic rings. The van der Waals surface area contributed by atoms with Gasteiger partial charge in [-0.3, -0.25) is 0 Å². The first kappa shape index (κ1) is 14.3. The van der Waals surface area contributed by atoms with Gasteiger partial charge in [0.25, 0.3) is 0 Å². The summed E-state index contributed by atoms with van der Waals surface area (Å²) in [5, 5.41) is 9.90. The van der Waals surface area contributed by atoms with Crippen LogP contribution in [0.1, 0.15) is 30.1 Å². The van der Waals surface area contributed by atoms with E-state index >= 15 is 0 Å². The van der Waals surface area contributed by atoms with Crippen LogP contribution < -0.4 is 0 Å². The second kappa shape index (κ2) is 5.46. The van der Waals surface area contributed by atoms with Crippen LogP contribution >= 0.6 is 0 Å². The molecular weight excluding hydrogens is 264 g/mol. The van der Waals surface area contributed by atoms with E-state index in [9.17, 15) is 22.7 Å². The van der Waals surface area contributed by atoms with Crippen LogP contribution in [0, 0.1) is 11.7 Å². The van der Waals surface area contributed by atoms with Gasteiger partial charge in [-0.2, -0.15) is 13.2 Å². The van der Waals surface area contributed by atoms with Crippen LogP contribution in [0.2, 0.25) is 0 Å². The summed E-state index contributed by atoms with van der Waals surface area (Å²) in [5.41, 5.74) is -1.15. The van der Waals surface area contributed by atoms with Gasteiger partial charge in [-0.25, -0.2) is 4.39 Å². The number of ether oxygens (including phenoxy) is 1. The number of aliphatic hydroxyl groups is 1. The first-order valence-electron chi connectivity index (χ1n) is 6.00. The Bertz CT molecular complexity index is 439. The van der Waals surface area contributed by atoms with E-state index in [0.29, 0.717) is 25.7 Å². The Morgan fingerprint density at radius 1 is 1.37 bits per heavy atom. The van der Waals surface area contributed by atoms with Crippen LogP contribution in [-0.2, 0) is 10.9 Å². The van der Waals surface area contributed by atoms with Gasteiger partial charge in [-0.15, -0.1) is 0 Å². The van der Waals surface area contributed by atoms with E-state index in [1.54, 1.807) is 0 Å². The van der Waals surface area contributed by atoms with Crippen molar-refractivity contribution in [3.8, 4) is 0 Å². The third kappa shape index (κ3) is 3.45. The number of halogens is 4. The van der Waals surface area contributed by atoms with Gasteiger partial charge in [0.2, 0.25) is 0 Å². The highest BCUT2D eigenvalue weighted by Crippen LogP contribution is 2.33. The lowest BCUT2D eigenvalue weighted by atomic mass is 9.95. The van der Waals surface area contributed by atoms with Gasteiger partial charge in [0.05, 0.1) is 11.7 Å². The molecule has 1 fully saturated rings. The molecule has 0 aliphatic carbocycles. The molecule has 2 unspecified atom stereocenters. The van der Waals surface area contributed by atoms with Gasteiger partial charge >= 0.3 is 6.18 Å². The summed E-state index contributed by atoms with van der Waals surface area (Å²) in [6.45, 7) is 1.15. The average molecular weight is 278 g/mol. The summed E-state index contributed by atoms with van der Waals surface area (Å²) in [7, 11) is 0. The summed E-state index contributed by atoms with van der Waals surface area (Å²) in [4.78, 5) is 0. The van der Waals surface area contributed by atoms with Crippen LogP contribution in [0.5, 0.6) is 0 Å². The van der Waals surface area contributed by atoms with E-state index < -0.39 is 23.7 Å². The maximum atomic E-state index is 13.4. The van der Waals surface area contributed by atoms with Crippen molar-refractivity contribution in [2.24, 2.45) is 5.92 Å². The highest BCUT2D eigenvalue weighted by Gasteiger charge is 2.34. The van der Waals surface area contributed by atoms with Crippen molar-refractivity contribution < 1.29 is 27.4 Å². The van der Waals surface area contributed by atoms with Crippen molar-refractivity contribution in [3.63, 3.8) is 0 Å². The molecule has 1 heterocycles. The van der Waals surface area contributed by atoms with Crippen LogP contribution in [-0.4, -0.2) is 18.3 Å². The van der Waals surface area contributed by atoms with E-state index in [-0.39, 0.29) is 11.5 Å². The summed E-state index contributed by atoms with van der Waals surface area (Å²) < 4.78 is 55.7. The van der Waals surface area contributed by atoms with Crippen LogP contribution in [0.15, 0.2) is 18.2 Å². The van der Waals surface area contributed by atoms with Gasteiger partial charge in [0.1, 0.15) is 5.82 Å². The van der Waals surface area contributed by atoms with Crippen molar-refractivity contribution in [3.05, 3.63) is 35.1 Å². The van der Waals surface area contributed by atoms with Gasteiger partial charge < -0.3 is 9.84 Å². The lowest BCUT2D eigenvalue weighted by Gasteiger charge is -2.16. The Labute approximate surface area is 108 Å². The Morgan fingerprint density at radius 3 is 2.63 bits per heavy atom. The van der Waals surface area contributed by atoms with Gasteiger partial charge in [-0.1, -0.05) is 6.07 Å². The molecule has 1 N–H and O–H groups in total. The molecule has 2 rings (SSSR count). The molecule has 19 heavy (non-hydrogen) atoms. The molecule has 0 spiro atoms. The number of rotatable bonds is 3. The molecule has 6 heteroatoms. The van der Waals surface area contributed by atoms with Crippen LogP contribution in [0.4, 0.5) is 17.6 Å². The van der Waals surface area contributed by atoms with Crippen molar-refractivity contribution in [1.29, 1.82) is 0 Å². The molecule has 1 aliphatic heterocycles. The predicted molar refractivity (Wildman–Crippen MR) is 59.9 cm³/mol. The molecular formula is C13H14F4O2. The highest BCUT2D eigenvalue weighted by atomic mass is 19.4. The highest BCUT2D eigenvalue weighted by molar-refractivity contribution is 5.27. The minimum atomic E-state index is -4.72. The van der Waals surface area contributed by atoms with Crippen molar-refractivity contribution in [2.75, 3.05) is 13.2 Å². The Kier molecular flexibility index (Phi) is 4.10.